The number of ether oxygens (including phenoxy) is 1. The van der Waals surface area contributed by atoms with Crippen molar-refractivity contribution in [2.75, 3.05) is 53.8 Å². The van der Waals surface area contributed by atoms with Crippen molar-refractivity contribution >= 4 is 28.5 Å². The molecule has 1 aliphatic rings. The Labute approximate surface area is 240 Å². The summed E-state index contributed by atoms with van der Waals surface area (Å²) < 4.78 is 35.4. The molecule has 0 spiro atoms. The molecule has 0 aliphatic carbocycles. The molecule has 3 aromatic rings. The molecule has 1 aromatic carbocycles. The first-order valence-corrected chi connectivity index (χ1v) is 13.4. The van der Waals surface area contributed by atoms with Gasteiger partial charge in [0.15, 0.2) is 11.7 Å². The largest absolute Gasteiger partial charge is 0.402 e. The number of nitrogens with zero attached hydrogens (tertiary/aromatic N) is 5. The van der Waals surface area contributed by atoms with E-state index in [0.29, 0.717) is 17.8 Å². The lowest BCUT2D eigenvalue weighted by Gasteiger charge is -2.33. The minimum atomic E-state index is -0.637. The molecule has 0 unspecified atom stereocenters. The van der Waals surface area contributed by atoms with Crippen molar-refractivity contribution in [3.63, 3.8) is 0 Å². The lowest BCUT2D eigenvalue weighted by atomic mass is 9.85. The van der Waals surface area contributed by atoms with Crippen LogP contribution in [0.2, 0.25) is 0 Å². The fourth-order valence-electron chi connectivity index (χ4n) is 5.22. The number of nitrogens with one attached hydrogen (secondary N) is 1. The van der Waals surface area contributed by atoms with Gasteiger partial charge < -0.3 is 25.3 Å². The number of halogens is 2. The summed E-state index contributed by atoms with van der Waals surface area (Å²) in [5.74, 6) is -0.979. The van der Waals surface area contributed by atoms with Crippen molar-refractivity contribution in [1.82, 2.24) is 19.4 Å². The summed E-state index contributed by atoms with van der Waals surface area (Å²) in [4.78, 5) is 24.6. The molecule has 11 heteroatoms. The van der Waals surface area contributed by atoms with Crippen molar-refractivity contribution < 1.29 is 18.3 Å². The SMILES string of the molecule is CN=C(Nc1ccnc2c1cc(CN1CCC(c3c(C)cc(C(=O)N(C)C)cc3F)CC1)n2C)/C(F)=C\N.COC. The topological polar surface area (TPSA) is 101 Å². The average Bonchev–Trinajstić information content (AvgIpc) is 3.27. The van der Waals surface area contributed by atoms with Gasteiger partial charge in [-0.2, -0.15) is 0 Å². The number of nitrogens with two attached hydrogens (primary N) is 1. The summed E-state index contributed by atoms with van der Waals surface area (Å²) in [5.41, 5.74) is 9.78. The van der Waals surface area contributed by atoms with E-state index in [-0.39, 0.29) is 23.5 Å². The molecule has 1 saturated heterocycles. The lowest BCUT2D eigenvalue weighted by molar-refractivity contribution is 0.0827. The first-order chi connectivity index (χ1) is 19.6. The van der Waals surface area contributed by atoms with E-state index in [1.54, 1.807) is 46.6 Å². The number of hydrogen-bond donors (Lipinski definition) is 2. The second-order valence-corrected chi connectivity index (χ2v) is 10.3. The fourth-order valence-corrected chi connectivity index (χ4v) is 5.22. The van der Waals surface area contributed by atoms with Crippen LogP contribution in [-0.2, 0) is 18.3 Å². The number of rotatable bonds is 6. The maximum atomic E-state index is 15.1. The van der Waals surface area contributed by atoms with E-state index in [1.807, 2.05) is 18.5 Å². The molecule has 3 N–H and O–H groups in total. The van der Waals surface area contributed by atoms with Gasteiger partial charge in [-0.25, -0.2) is 13.8 Å². The summed E-state index contributed by atoms with van der Waals surface area (Å²) in [6.45, 7) is 4.24. The number of aryl methyl sites for hydroxylation is 2. The Morgan fingerprint density at radius 1 is 1.27 bits per heavy atom. The van der Waals surface area contributed by atoms with E-state index in [4.69, 9.17) is 5.73 Å². The molecule has 222 valence electrons. The second kappa shape index (κ2) is 14.2. The number of anilines is 1. The maximum absolute atomic E-state index is 15.1. The number of methoxy groups -OCH3 is 1. The van der Waals surface area contributed by atoms with Crippen LogP contribution in [0.4, 0.5) is 14.5 Å². The molecule has 1 fully saturated rings. The van der Waals surface area contributed by atoms with E-state index < -0.39 is 5.83 Å². The summed E-state index contributed by atoms with van der Waals surface area (Å²) >= 11 is 0. The fraction of sp³-hybridized carbons (Fsp3) is 0.433. The normalized spacial score (nSPS) is 15.0. The number of likely N-dealkylation sites (tertiary alicyclic amines) is 1. The number of benzene rings is 1. The van der Waals surface area contributed by atoms with E-state index in [2.05, 4.69) is 31.0 Å². The van der Waals surface area contributed by atoms with E-state index in [1.165, 1.54) is 18.0 Å². The van der Waals surface area contributed by atoms with Crippen LogP contribution in [0.5, 0.6) is 0 Å². The molecule has 1 aliphatic heterocycles. The van der Waals surface area contributed by atoms with Gasteiger partial charge in [0.25, 0.3) is 5.91 Å². The zero-order valence-electron chi connectivity index (χ0n) is 25.0. The molecule has 0 atom stereocenters. The van der Waals surface area contributed by atoms with Gasteiger partial charge in [-0.3, -0.25) is 14.7 Å². The zero-order chi connectivity index (χ0) is 30.3. The second-order valence-electron chi connectivity index (χ2n) is 10.3. The molecule has 3 heterocycles. The monoisotopic (exact) mass is 569 g/mol. The van der Waals surface area contributed by atoms with Gasteiger partial charge in [0.1, 0.15) is 11.5 Å². The molecular formula is C30H41F2N7O2. The molecule has 9 nitrogen and oxygen atoms in total. The highest BCUT2D eigenvalue weighted by atomic mass is 19.1. The summed E-state index contributed by atoms with van der Waals surface area (Å²) in [6, 6.07) is 7.00. The van der Waals surface area contributed by atoms with Gasteiger partial charge >= 0.3 is 0 Å². The Balaban J connectivity index is 0.00000147. The molecule has 0 bridgehead atoms. The predicted octanol–water partition coefficient (Wildman–Crippen LogP) is 4.57. The first-order valence-electron chi connectivity index (χ1n) is 13.4. The van der Waals surface area contributed by atoms with Crippen LogP contribution < -0.4 is 11.1 Å². The minimum absolute atomic E-state index is 0.0501. The average molecular weight is 570 g/mol. The third-order valence-electron chi connectivity index (χ3n) is 7.25. The molecular weight excluding hydrogens is 528 g/mol. The van der Waals surface area contributed by atoms with Crippen molar-refractivity contribution in [1.29, 1.82) is 0 Å². The minimum Gasteiger partial charge on any atom is -0.402 e. The zero-order valence-corrected chi connectivity index (χ0v) is 25.0. The van der Waals surface area contributed by atoms with E-state index in [0.717, 1.165) is 60.0 Å². The summed E-state index contributed by atoms with van der Waals surface area (Å²) in [5, 5.41) is 3.88. The van der Waals surface area contributed by atoms with Gasteiger partial charge in [0, 0.05) is 78.0 Å². The highest BCUT2D eigenvalue weighted by molar-refractivity contribution is 6.10. The van der Waals surface area contributed by atoms with Gasteiger partial charge in [-0.1, -0.05) is 0 Å². The van der Waals surface area contributed by atoms with E-state index in [9.17, 15) is 9.18 Å². The summed E-state index contributed by atoms with van der Waals surface area (Å²) in [6.07, 6.45) is 4.20. The number of amidine groups is 1. The van der Waals surface area contributed by atoms with E-state index >= 15 is 4.39 Å². The number of carbonyl (C=O) groups excluding carboxylic acids is 1. The van der Waals surface area contributed by atoms with Crippen LogP contribution in [0.3, 0.4) is 0 Å². The molecule has 1 amide bonds. The Hall–Kier alpha value is -3.83. The Bertz CT molecular complexity index is 1400. The smallest absolute Gasteiger partial charge is 0.253 e. The molecule has 2 aromatic heterocycles. The highest BCUT2D eigenvalue weighted by Gasteiger charge is 2.26. The molecule has 4 rings (SSSR count). The van der Waals surface area contributed by atoms with Crippen molar-refractivity contribution in [2.24, 2.45) is 17.8 Å². The summed E-state index contributed by atoms with van der Waals surface area (Å²) in [7, 11) is 10.0. The van der Waals surface area contributed by atoms with Crippen LogP contribution in [0.25, 0.3) is 11.0 Å². The van der Waals surface area contributed by atoms with Crippen LogP contribution in [0, 0.1) is 12.7 Å². The Morgan fingerprint density at radius 2 is 1.93 bits per heavy atom. The quantitative estimate of drug-likeness (QED) is 0.333. The number of piperidine rings is 1. The number of aromatic nitrogens is 2. The molecule has 0 radical (unpaired) electrons. The van der Waals surface area contributed by atoms with Gasteiger partial charge in [0.05, 0.1) is 5.69 Å². The lowest BCUT2D eigenvalue weighted by Crippen LogP contribution is -2.33. The van der Waals surface area contributed by atoms with Crippen molar-refractivity contribution in [3.05, 3.63) is 70.7 Å². The van der Waals surface area contributed by atoms with Crippen LogP contribution in [-0.4, -0.2) is 79.5 Å². The van der Waals surface area contributed by atoms with Gasteiger partial charge in [-0.15, -0.1) is 0 Å². The van der Waals surface area contributed by atoms with Crippen LogP contribution in [0.15, 0.2) is 47.5 Å². The van der Waals surface area contributed by atoms with Crippen LogP contribution >= 0.6 is 0 Å². The number of aliphatic imine (C=N–C) groups is 1. The van der Waals surface area contributed by atoms with Crippen LogP contribution in [0.1, 0.15) is 45.9 Å². The van der Waals surface area contributed by atoms with Gasteiger partial charge in [0.2, 0.25) is 0 Å². The van der Waals surface area contributed by atoms with Gasteiger partial charge in [-0.05, 0) is 74.2 Å². The third-order valence-corrected chi connectivity index (χ3v) is 7.25. The van der Waals surface area contributed by atoms with Crippen molar-refractivity contribution in [3.8, 4) is 0 Å². The standard InChI is InChI=1S/C28H35F2N7O.C2H6O/c1-17-12-19(28(38)35(3)4)13-22(29)25(17)18-7-10-37(11-8-18)16-20-14-21-24(6-9-33-27(21)36(20)5)34-26(32-2)23(30)15-31;1-3-2/h6,9,12-15,18H,7-8,10-11,16,31H2,1-5H3,(H,32,33,34);1-2H3/b23-15+;. The Morgan fingerprint density at radius 3 is 2.49 bits per heavy atom. The molecule has 0 saturated carbocycles. The van der Waals surface area contributed by atoms with Crippen molar-refractivity contribution in [2.45, 2.75) is 32.2 Å². The number of amides is 1. The maximum Gasteiger partial charge on any atom is 0.253 e. The number of hydrogen-bond acceptors (Lipinski definition) is 6. The number of carbonyl (C=O) groups is 1. The first kappa shape index (κ1) is 31.7. The molecule has 41 heavy (non-hydrogen) atoms. The number of fused-ring (bicyclic) bond motifs is 1. The Kier molecular flexibility index (Phi) is 11.0. The third kappa shape index (κ3) is 7.28. The highest BCUT2D eigenvalue weighted by Crippen LogP contribution is 2.34. The predicted molar refractivity (Wildman–Crippen MR) is 160 cm³/mol. The number of pyridine rings is 1.